The van der Waals surface area contributed by atoms with Crippen LogP contribution < -0.4 is 14.9 Å². The number of aromatic nitrogens is 1. The van der Waals surface area contributed by atoms with Gasteiger partial charge in [0.1, 0.15) is 11.5 Å². The minimum atomic E-state index is -0.412. The number of methoxy groups -OCH3 is 2. The highest BCUT2D eigenvalue weighted by Gasteiger charge is 2.15. The van der Waals surface area contributed by atoms with E-state index in [1.807, 2.05) is 42.5 Å². The molecule has 0 aliphatic rings. The van der Waals surface area contributed by atoms with Gasteiger partial charge in [0.05, 0.1) is 26.1 Å². The van der Waals surface area contributed by atoms with Crippen LogP contribution in [0.15, 0.2) is 52.0 Å². The second-order valence-electron chi connectivity index (χ2n) is 6.12. The van der Waals surface area contributed by atoms with Gasteiger partial charge in [-0.2, -0.15) is 5.10 Å². The van der Waals surface area contributed by atoms with E-state index >= 15 is 0 Å². The van der Waals surface area contributed by atoms with Gasteiger partial charge in [-0.1, -0.05) is 39.4 Å². The van der Waals surface area contributed by atoms with Crippen LogP contribution in [0.1, 0.15) is 26.5 Å². The van der Waals surface area contributed by atoms with Crippen molar-refractivity contribution in [2.75, 3.05) is 19.6 Å². The first-order chi connectivity index (χ1) is 14.5. The quantitative estimate of drug-likeness (QED) is 0.271. The molecule has 3 aromatic rings. The zero-order valence-corrected chi connectivity index (χ0v) is 19.0. The minimum absolute atomic E-state index is 0.412. The third-order valence-electron chi connectivity index (χ3n) is 4.04. The summed E-state index contributed by atoms with van der Waals surface area (Å²) in [5.41, 5.74) is 5.30. The van der Waals surface area contributed by atoms with Gasteiger partial charge >= 0.3 is 5.97 Å². The molecule has 7 nitrogen and oxygen atoms in total. The molecule has 0 amide bonds. The number of hydrogen-bond donors (Lipinski definition) is 1. The fourth-order valence-corrected chi connectivity index (χ4v) is 3.61. The van der Waals surface area contributed by atoms with Crippen molar-refractivity contribution in [2.45, 2.75) is 13.5 Å². The maximum absolute atomic E-state index is 11.7. The van der Waals surface area contributed by atoms with Crippen LogP contribution in [0.3, 0.4) is 0 Å². The minimum Gasteiger partial charge on any atom is -0.493 e. The maximum atomic E-state index is 11.7. The molecule has 0 fully saturated rings. The molecule has 0 bridgehead atoms. The summed E-state index contributed by atoms with van der Waals surface area (Å²) in [4.78, 5) is 16.4. The van der Waals surface area contributed by atoms with E-state index in [-0.39, 0.29) is 0 Å². The number of benzene rings is 2. The highest BCUT2D eigenvalue weighted by Crippen LogP contribution is 2.29. The van der Waals surface area contributed by atoms with Crippen LogP contribution in [-0.2, 0) is 11.3 Å². The predicted molar refractivity (Wildman–Crippen MR) is 121 cm³/mol. The molecular weight excluding hydrogens is 470 g/mol. The molecule has 0 atom stereocenters. The standard InChI is InChI=1S/C21H20BrN3O4S/c1-13-19(20(26)28-3)30-21(24-13)25-23-11-15-6-9-17(18(10-15)27-2)29-12-14-4-7-16(22)8-5-14/h4-11H,12H2,1-3H3,(H,24,25)/b23-11-. The number of carbonyl (C=O) groups is 1. The van der Waals surface area contributed by atoms with Gasteiger partial charge in [-0.3, -0.25) is 5.43 Å². The number of hydrogen-bond acceptors (Lipinski definition) is 8. The number of ether oxygens (including phenoxy) is 3. The molecule has 0 saturated heterocycles. The molecule has 2 aromatic carbocycles. The molecule has 156 valence electrons. The van der Waals surface area contributed by atoms with Gasteiger partial charge in [0.15, 0.2) is 11.5 Å². The number of esters is 1. The Labute approximate surface area is 186 Å². The highest BCUT2D eigenvalue weighted by molar-refractivity contribution is 9.10. The Morgan fingerprint density at radius 3 is 2.67 bits per heavy atom. The molecule has 1 aromatic heterocycles. The first-order valence-corrected chi connectivity index (χ1v) is 10.5. The Hall–Kier alpha value is -2.91. The van der Waals surface area contributed by atoms with Gasteiger partial charge in [-0.05, 0) is 48.4 Å². The van der Waals surface area contributed by atoms with Crippen molar-refractivity contribution in [3.8, 4) is 11.5 Å². The molecule has 0 unspecified atom stereocenters. The van der Waals surface area contributed by atoms with Gasteiger partial charge in [-0.25, -0.2) is 9.78 Å². The number of rotatable bonds is 8. The molecule has 0 radical (unpaired) electrons. The van der Waals surface area contributed by atoms with Crippen molar-refractivity contribution >= 4 is 44.6 Å². The van der Waals surface area contributed by atoms with Crippen molar-refractivity contribution in [3.63, 3.8) is 0 Å². The Bertz CT molecular complexity index is 1050. The molecule has 0 spiro atoms. The van der Waals surface area contributed by atoms with Crippen molar-refractivity contribution < 1.29 is 19.0 Å². The van der Waals surface area contributed by atoms with Crippen LogP contribution >= 0.6 is 27.3 Å². The van der Waals surface area contributed by atoms with Crippen LogP contribution in [0.4, 0.5) is 5.13 Å². The van der Waals surface area contributed by atoms with E-state index in [1.165, 1.54) is 18.4 Å². The number of hydrazone groups is 1. The molecule has 0 aliphatic carbocycles. The summed E-state index contributed by atoms with van der Waals surface area (Å²) < 4.78 is 17.1. The Kier molecular flexibility index (Phi) is 7.42. The van der Waals surface area contributed by atoms with Crippen LogP contribution in [0, 0.1) is 6.92 Å². The summed E-state index contributed by atoms with van der Waals surface area (Å²) in [7, 11) is 2.93. The zero-order chi connectivity index (χ0) is 21.5. The van der Waals surface area contributed by atoms with Gasteiger partial charge in [0.2, 0.25) is 5.13 Å². The van der Waals surface area contributed by atoms with Crippen molar-refractivity contribution in [1.29, 1.82) is 0 Å². The van der Waals surface area contributed by atoms with E-state index < -0.39 is 5.97 Å². The van der Waals surface area contributed by atoms with Gasteiger partial charge in [0, 0.05) is 4.47 Å². The lowest BCUT2D eigenvalue weighted by atomic mass is 10.2. The van der Waals surface area contributed by atoms with Crippen molar-refractivity contribution in [3.05, 3.63) is 68.6 Å². The van der Waals surface area contributed by atoms with Crippen LogP contribution in [-0.4, -0.2) is 31.4 Å². The average Bonchev–Trinajstić information content (AvgIpc) is 3.13. The normalized spacial score (nSPS) is 10.8. The lowest BCUT2D eigenvalue weighted by molar-refractivity contribution is 0.0605. The number of nitrogens with one attached hydrogen (secondary N) is 1. The maximum Gasteiger partial charge on any atom is 0.350 e. The molecule has 1 N–H and O–H groups in total. The summed E-state index contributed by atoms with van der Waals surface area (Å²) in [5.74, 6) is 0.837. The lowest BCUT2D eigenvalue weighted by Crippen LogP contribution is -1.99. The molecule has 0 saturated carbocycles. The van der Waals surface area contributed by atoms with Gasteiger partial charge in [-0.15, -0.1) is 0 Å². The molecule has 9 heteroatoms. The number of carbonyl (C=O) groups excluding carboxylic acids is 1. The number of halogens is 1. The smallest absolute Gasteiger partial charge is 0.350 e. The fourth-order valence-electron chi connectivity index (χ4n) is 2.51. The molecule has 30 heavy (non-hydrogen) atoms. The molecule has 3 rings (SSSR count). The first kappa shape index (κ1) is 21.8. The van der Waals surface area contributed by atoms with Crippen LogP contribution in [0.25, 0.3) is 0 Å². The number of nitrogens with zero attached hydrogens (tertiary/aromatic N) is 2. The summed E-state index contributed by atoms with van der Waals surface area (Å²) >= 11 is 4.60. The third kappa shape index (κ3) is 5.58. The van der Waals surface area contributed by atoms with Gasteiger partial charge in [0.25, 0.3) is 0 Å². The second kappa shape index (κ2) is 10.2. The third-order valence-corrected chi connectivity index (χ3v) is 5.61. The van der Waals surface area contributed by atoms with E-state index in [1.54, 1.807) is 20.2 Å². The van der Waals surface area contributed by atoms with E-state index in [9.17, 15) is 4.79 Å². The van der Waals surface area contributed by atoms with E-state index in [0.717, 1.165) is 15.6 Å². The van der Waals surface area contributed by atoms with Crippen LogP contribution in [0.5, 0.6) is 11.5 Å². The largest absolute Gasteiger partial charge is 0.493 e. The Morgan fingerprint density at radius 1 is 1.20 bits per heavy atom. The van der Waals surface area contributed by atoms with E-state index in [4.69, 9.17) is 14.2 Å². The van der Waals surface area contributed by atoms with Gasteiger partial charge < -0.3 is 14.2 Å². The van der Waals surface area contributed by atoms with Crippen LogP contribution in [0.2, 0.25) is 0 Å². The second-order valence-corrected chi connectivity index (χ2v) is 8.04. The molecule has 0 aliphatic heterocycles. The Morgan fingerprint density at radius 2 is 1.97 bits per heavy atom. The summed E-state index contributed by atoms with van der Waals surface area (Å²) in [6, 6.07) is 13.5. The highest BCUT2D eigenvalue weighted by atomic mass is 79.9. The lowest BCUT2D eigenvalue weighted by Gasteiger charge is -2.11. The first-order valence-electron chi connectivity index (χ1n) is 8.90. The van der Waals surface area contributed by atoms with E-state index in [0.29, 0.717) is 33.8 Å². The topological polar surface area (TPSA) is 82.0 Å². The Balaban J connectivity index is 1.64. The average molecular weight is 490 g/mol. The van der Waals surface area contributed by atoms with Crippen molar-refractivity contribution in [2.24, 2.45) is 5.10 Å². The van der Waals surface area contributed by atoms with E-state index in [2.05, 4.69) is 31.4 Å². The monoisotopic (exact) mass is 489 g/mol. The summed E-state index contributed by atoms with van der Waals surface area (Å²) in [6.45, 7) is 2.18. The predicted octanol–water partition coefficient (Wildman–Crippen LogP) is 5.03. The number of thiazole rings is 1. The summed E-state index contributed by atoms with van der Waals surface area (Å²) in [6.07, 6.45) is 1.63. The van der Waals surface area contributed by atoms with Crippen molar-refractivity contribution in [1.82, 2.24) is 4.98 Å². The number of anilines is 1. The fraction of sp³-hybridized carbons (Fsp3) is 0.190. The number of aryl methyl sites for hydroxylation is 1. The zero-order valence-electron chi connectivity index (χ0n) is 16.6. The SMILES string of the molecule is COC(=O)c1sc(N/N=C\c2ccc(OCc3ccc(Br)cc3)c(OC)c2)nc1C. The molecular formula is C21H20BrN3O4S. The molecule has 1 heterocycles. The summed E-state index contributed by atoms with van der Waals surface area (Å²) in [5, 5.41) is 4.68.